The number of rotatable bonds is 5. The van der Waals surface area contributed by atoms with Crippen LogP contribution in [-0.2, 0) is 16.1 Å². The largest absolute Gasteiger partial charge is 0.341 e. The van der Waals surface area contributed by atoms with Gasteiger partial charge in [0.05, 0.1) is 5.92 Å². The predicted octanol–water partition coefficient (Wildman–Crippen LogP) is 4.47. The van der Waals surface area contributed by atoms with E-state index in [0.29, 0.717) is 13.1 Å². The van der Waals surface area contributed by atoms with Gasteiger partial charge in [0.2, 0.25) is 11.8 Å². The standard InChI is InChI=1S/C26H32N2O2/c1-27(17-20-10-4-2-5-11-20)25(29)24-16-23(21-12-6-3-7-13-21)18-28(19-24)26(30)22-14-8-9-15-22/h2-7,10-13,22-24H,8-9,14-19H2,1H3. The highest BCUT2D eigenvalue weighted by Crippen LogP contribution is 2.34. The highest BCUT2D eigenvalue weighted by molar-refractivity contribution is 5.82. The van der Waals surface area contributed by atoms with Gasteiger partial charge < -0.3 is 9.80 Å². The number of hydrogen-bond acceptors (Lipinski definition) is 2. The monoisotopic (exact) mass is 404 g/mol. The van der Waals surface area contributed by atoms with Gasteiger partial charge in [-0.3, -0.25) is 9.59 Å². The Labute approximate surface area is 179 Å². The first kappa shape index (κ1) is 20.6. The number of carbonyl (C=O) groups excluding carboxylic acids is 2. The first-order valence-electron chi connectivity index (χ1n) is 11.2. The molecule has 0 spiro atoms. The molecule has 1 saturated carbocycles. The molecule has 30 heavy (non-hydrogen) atoms. The van der Waals surface area contributed by atoms with E-state index < -0.39 is 0 Å². The van der Waals surface area contributed by atoms with Crippen molar-refractivity contribution in [1.29, 1.82) is 0 Å². The zero-order chi connectivity index (χ0) is 20.9. The molecule has 4 heteroatoms. The molecule has 0 bridgehead atoms. The summed E-state index contributed by atoms with van der Waals surface area (Å²) in [6.07, 6.45) is 5.09. The molecular weight excluding hydrogens is 372 g/mol. The van der Waals surface area contributed by atoms with Gasteiger partial charge in [0, 0.05) is 38.5 Å². The van der Waals surface area contributed by atoms with Crippen molar-refractivity contribution >= 4 is 11.8 Å². The lowest BCUT2D eigenvalue weighted by atomic mass is 9.83. The van der Waals surface area contributed by atoms with E-state index in [1.54, 1.807) is 0 Å². The van der Waals surface area contributed by atoms with E-state index in [2.05, 4.69) is 12.1 Å². The molecule has 158 valence electrons. The number of amides is 2. The molecule has 4 nitrogen and oxygen atoms in total. The summed E-state index contributed by atoms with van der Waals surface area (Å²) in [6.45, 7) is 1.88. The molecule has 2 atom stereocenters. The van der Waals surface area contributed by atoms with Crippen LogP contribution >= 0.6 is 0 Å². The van der Waals surface area contributed by atoms with Crippen molar-refractivity contribution in [3.8, 4) is 0 Å². The zero-order valence-corrected chi connectivity index (χ0v) is 17.9. The van der Waals surface area contributed by atoms with E-state index in [1.807, 2.05) is 65.4 Å². The van der Waals surface area contributed by atoms with E-state index in [0.717, 1.165) is 44.2 Å². The number of carbonyl (C=O) groups is 2. The second-order valence-corrected chi connectivity index (χ2v) is 8.94. The third-order valence-electron chi connectivity index (χ3n) is 6.73. The Kier molecular flexibility index (Phi) is 6.51. The Hall–Kier alpha value is -2.62. The minimum atomic E-state index is -0.150. The van der Waals surface area contributed by atoms with Crippen LogP contribution < -0.4 is 0 Å². The molecule has 2 amide bonds. The maximum absolute atomic E-state index is 13.4. The van der Waals surface area contributed by atoms with Gasteiger partial charge in [-0.2, -0.15) is 0 Å². The number of likely N-dealkylation sites (tertiary alicyclic amines) is 1. The first-order chi connectivity index (χ1) is 14.6. The van der Waals surface area contributed by atoms with E-state index in [1.165, 1.54) is 5.56 Å². The third kappa shape index (κ3) is 4.75. The predicted molar refractivity (Wildman–Crippen MR) is 119 cm³/mol. The first-order valence-corrected chi connectivity index (χ1v) is 11.2. The molecule has 0 N–H and O–H groups in total. The van der Waals surface area contributed by atoms with Gasteiger partial charge in [0.15, 0.2) is 0 Å². The van der Waals surface area contributed by atoms with Gasteiger partial charge in [-0.15, -0.1) is 0 Å². The van der Waals surface area contributed by atoms with Crippen molar-refractivity contribution in [2.75, 3.05) is 20.1 Å². The highest BCUT2D eigenvalue weighted by atomic mass is 16.2. The average Bonchev–Trinajstić information content (AvgIpc) is 3.34. The van der Waals surface area contributed by atoms with Crippen molar-refractivity contribution in [3.05, 3.63) is 71.8 Å². The van der Waals surface area contributed by atoms with Gasteiger partial charge in [0.1, 0.15) is 0 Å². The van der Waals surface area contributed by atoms with Gasteiger partial charge in [-0.25, -0.2) is 0 Å². The van der Waals surface area contributed by atoms with Crippen molar-refractivity contribution in [2.24, 2.45) is 11.8 Å². The summed E-state index contributed by atoms with van der Waals surface area (Å²) in [7, 11) is 1.88. The number of benzene rings is 2. The average molecular weight is 405 g/mol. The maximum Gasteiger partial charge on any atom is 0.227 e. The molecule has 2 aliphatic rings. The van der Waals surface area contributed by atoms with E-state index in [9.17, 15) is 9.59 Å². The van der Waals surface area contributed by atoms with Crippen LogP contribution in [0.2, 0.25) is 0 Å². The van der Waals surface area contributed by atoms with Crippen LogP contribution in [-0.4, -0.2) is 41.8 Å². The van der Waals surface area contributed by atoms with E-state index in [4.69, 9.17) is 0 Å². The van der Waals surface area contributed by atoms with Crippen LogP contribution in [0.25, 0.3) is 0 Å². The molecule has 2 aromatic carbocycles. The summed E-state index contributed by atoms with van der Waals surface area (Å²) in [5, 5.41) is 0. The molecule has 2 fully saturated rings. The Bertz CT molecular complexity index is 846. The molecule has 0 aromatic heterocycles. The molecule has 2 aromatic rings. The molecular formula is C26H32N2O2. The molecule has 1 heterocycles. The van der Waals surface area contributed by atoms with Crippen LogP contribution in [0, 0.1) is 11.8 Å². The molecule has 1 aliphatic heterocycles. The topological polar surface area (TPSA) is 40.6 Å². The Morgan fingerprint density at radius 2 is 1.53 bits per heavy atom. The Morgan fingerprint density at radius 1 is 0.900 bits per heavy atom. The molecule has 1 aliphatic carbocycles. The van der Waals surface area contributed by atoms with Crippen LogP contribution in [0.4, 0.5) is 0 Å². The summed E-state index contributed by atoms with van der Waals surface area (Å²) < 4.78 is 0. The van der Waals surface area contributed by atoms with Gasteiger partial charge in [-0.1, -0.05) is 73.5 Å². The maximum atomic E-state index is 13.4. The van der Waals surface area contributed by atoms with E-state index >= 15 is 0 Å². The second-order valence-electron chi connectivity index (χ2n) is 8.94. The van der Waals surface area contributed by atoms with Gasteiger partial charge in [-0.05, 0) is 30.4 Å². The molecule has 2 unspecified atom stereocenters. The van der Waals surface area contributed by atoms with Crippen molar-refractivity contribution in [2.45, 2.75) is 44.6 Å². The lowest BCUT2D eigenvalue weighted by Gasteiger charge is -2.39. The van der Waals surface area contributed by atoms with Gasteiger partial charge in [0.25, 0.3) is 0 Å². The van der Waals surface area contributed by atoms with Crippen LogP contribution in [0.5, 0.6) is 0 Å². The SMILES string of the molecule is CN(Cc1ccccc1)C(=O)C1CC(c2ccccc2)CN(C(=O)C2CCCC2)C1. The summed E-state index contributed by atoms with van der Waals surface area (Å²) >= 11 is 0. The Morgan fingerprint density at radius 3 is 2.20 bits per heavy atom. The summed E-state index contributed by atoms with van der Waals surface area (Å²) in [5.74, 6) is 0.616. The zero-order valence-electron chi connectivity index (χ0n) is 17.9. The van der Waals surface area contributed by atoms with Crippen LogP contribution in [0.15, 0.2) is 60.7 Å². The molecule has 4 rings (SSSR count). The summed E-state index contributed by atoms with van der Waals surface area (Å²) in [4.78, 5) is 30.4. The molecule has 0 radical (unpaired) electrons. The third-order valence-corrected chi connectivity index (χ3v) is 6.73. The fourth-order valence-corrected chi connectivity index (χ4v) is 5.10. The fraction of sp³-hybridized carbons (Fsp3) is 0.462. The number of piperidine rings is 1. The fourth-order valence-electron chi connectivity index (χ4n) is 5.10. The minimum absolute atomic E-state index is 0.142. The quantitative estimate of drug-likeness (QED) is 0.738. The number of hydrogen-bond donors (Lipinski definition) is 0. The smallest absolute Gasteiger partial charge is 0.227 e. The summed E-state index contributed by atoms with van der Waals surface area (Å²) in [5.41, 5.74) is 2.35. The normalized spacial score (nSPS) is 22.1. The lowest BCUT2D eigenvalue weighted by molar-refractivity contribution is -0.143. The molecule has 1 saturated heterocycles. The minimum Gasteiger partial charge on any atom is -0.341 e. The van der Waals surface area contributed by atoms with Crippen molar-refractivity contribution in [3.63, 3.8) is 0 Å². The van der Waals surface area contributed by atoms with Crippen molar-refractivity contribution in [1.82, 2.24) is 9.80 Å². The highest BCUT2D eigenvalue weighted by Gasteiger charge is 2.38. The lowest BCUT2D eigenvalue weighted by Crippen LogP contribution is -2.49. The van der Waals surface area contributed by atoms with Gasteiger partial charge >= 0.3 is 0 Å². The Balaban J connectivity index is 1.51. The second kappa shape index (κ2) is 9.46. The van der Waals surface area contributed by atoms with Crippen LogP contribution in [0.1, 0.15) is 49.1 Å². The van der Waals surface area contributed by atoms with Crippen LogP contribution in [0.3, 0.4) is 0 Å². The summed E-state index contributed by atoms with van der Waals surface area (Å²) in [6, 6.07) is 20.5. The van der Waals surface area contributed by atoms with E-state index in [-0.39, 0.29) is 29.6 Å². The van der Waals surface area contributed by atoms with Crippen molar-refractivity contribution < 1.29 is 9.59 Å². The number of nitrogens with zero attached hydrogens (tertiary/aromatic N) is 2.